The molecule has 2 amide bonds. The van der Waals surface area contributed by atoms with E-state index in [-0.39, 0.29) is 40.1 Å². The highest BCUT2D eigenvalue weighted by Crippen LogP contribution is 2.36. The smallest absolute Gasteiger partial charge is 0.416 e. The minimum absolute atomic E-state index is 0.0134. The molecule has 0 N–H and O–H groups in total. The van der Waals surface area contributed by atoms with Crippen LogP contribution in [0.2, 0.25) is 5.02 Å². The number of imide groups is 1. The first-order valence-corrected chi connectivity index (χ1v) is 12.5. The zero-order valence-corrected chi connectivity index (χ0v) is 21.6. The molecule has 200 valence electrons. The quantitative estimate of drug-likeness (QED) is 0.195. The third-order valence-corrected chi connectivity index (χ3v) is 7.04. The van der Waals surface area contributed by atoms with Crippen molar-refractivity contribution in [1.29, 1.82) is 0 Å². The summed E-state index contributed by atoms with van der Waals surface area (Å²) in [7, 11) is 1.21. The number of halogens is 4. The molecule has 0 aliphatic carbocycles. The first-order valence-electron chi connectivity index (χ1n) is 11.3. The van der Waals surface area contributed by atoms with Gasteiger partial charge in [-0.15, -0.1) is 0 Å². The van der Waals surface area contributed by atoms with Crippen LogP contribution in [0.25, 0.3) is 17.0 Å². The summed E-state index contributed by atoms with van der Waals surface area (Å²) in [4.78, 5) is 38.1. The van der Waals surface area contributed by atoms with E-state index < -0.39 is 28.9 Å². The van der Waals surface area contributed by atoms with E-state index in [4.69, 9.17) is 16.0 Å². The summed E-state index contributed by atoms with van der Waals surface area (Å²) in [6, 6.07) is 11.5. The zero-order valence-electron chi connectivity index (χ0n) is 20.0. The fraction of sp³-hybridized carbons (Fsp3) is 0.154. The molecule has 0 bridgehead atoms. The second kappa shape index (κ2) is 10.3. The predicted molar refractivity (Wildman–Crippen MR) is 137 cm³/mol. The number of rotatable bonds is 6. The van der Waals surface area contributed by atoms with Crippen LogP contribution in [0.3, 0.4) is 0 Å². The van der Waals surface area contributed by atoms with Crippen LogP contribution in [0.1, 0.15) is 33.0 Å². The lowest BCUT2D eigenvalue weighted by molar-refractivity contribution is -0.138. The number of furan rings is 1. The Kier molecular flexibility index (Phi) is 7.00. The molecule has 1 saturated heterocycles. The molecule has 3 heterocycles. The maximum Gasteiger partial charge on any atom is 0.416 e. The maximum atomic E-state index is 13.5. The summed E-state index contributed by atoms with van der Waals surface area (Å²) >= 11 is 6.53. The molecule has 0 saturated carbocycles. The SMILES string of the molecule is COC(=O)c1ccc(CN2C(=O)SC(=Cc3ccc4c(cnn4Cc4ccc(Cl)cc4C(F)(F)F)c3)C2=O)o1. The summed E-state index contributed by atoms with van der Waals surface area (Å²) in [5.74, 6) is -1.01. The van der Waals surface area contributed by atoms with Crippen LogP contribution in [0.5, 0.6) is 0 Å². The molecule has 1 aliphatic heterocycles. The highest BCUT2D eigenvalue weighted by molar-refractivity contribution is 8.18. The minimum Gasteiger partial charge on any atom is -0.463 e. The van der Waals surface area contributed by atoms with E-state index in [1.165, 1.54) is 42.3 Å². The molecular weight excluding hydrogens is 559 g/mol. The van der Waals surface area contributed by atoms with Gasteiger partial charge in [0.2, 0.25) is 5.76 Å². The molecule has 4 aromatic rings. The number of esters is 1. The number of methoxy groups -OCH3 is 1. The Hall–Kier alpha value is -4.03. The average molecular weight is 576 g/mol. The number of benzene rings is 2. The molecule has 2 aromatic heterocycles. The number of fused-ring (bicyclic) bond motifs is 1. The second-order valence-corrected chi connectivity index (χ2v) is 9.87. The molecular formula is C26H17ClF3N3O5S. The van der Waals surface area contributed by atoms with E-state index >= 15 is 0 Å². The van der Waals surface area contributed by atoms with Gasteiger partial charge in [-0.3, -0.25) is 19.2 Å². The Bertz CT molecular complexity index is 1660. The van der Waals surface area contributed by atoms with Crippen molar-refractivity contribution in [3.05, 3.63) is 92.9 Å². The number of hydrogen-bond donors (Lipinski definition) is 0. The van der Waals surface area contributed by atoms with E-state index in [1.807, 2.05) is 0 Å². The van der Waals surface area contributed by atoms with Crippen LogP contribution in [0, 0.1) is 0 Å². The van der Waals surface area contributed by atoms with Crippen molar-refractivity contribution >= 4 is 57.5 Å². The van der Waals surface area contributed by atoms with Gasteiger partial charge in [0, 0.05) is 10.4 Å². The largest absolute Gasteiger partial charge is 0.463 e. The fourth-order valence-electron chi connectivity index (χ4n) is 4.05. The lowest BCUT2D eigenvalue weighted by Crippen LogP contribution is -2.27. The normalized spacial score (nSPS) is 15.1. The van der Waals surface area contributed by atoms with E-state index in [0.29, 0.717) is 16.5 Å². The number of alkyl halides is 3. The van der Waals surface area contributed by atoms with Gasteiger partial charge in [-0.25, -0.2) is 4.79 Å². The fourth-order valence-corrected chi connectivity index (χ4v) is 5.06. The topological polar surface area (TPSA) is 94.6 Å². The molecule has 1 fully saturated rings. The third-order valence-electron chi connectivity index (χ3n) is 5.90. The van der Waals surface area contributed by atoms with Gasteiger partial charge >= 0.3 is 12.1 Å². The Morgan fingerprint density at radius 3 is 2.67 bits per heavy atom. The molecule has 39 heavy (non-hydrogen) atoms. The lowest BCUT2D eigenvalue weighted by atomic mass is 10.1. The molecule has 0 unspecified atom stereocenters. The van der Waals surface area contributed by atoms with Crippen molar-refractivity contribution in [2.24, 2.45) is 0 Å². The Morgan fingerprint density at radius 2 is 1.92 bits per heavy atom. The van der Waals surface area contributed by atoms with E-state index in [1.54, 1.807) is 24.3 Å². The summed E-state index contributed by atoms with van der Waals surface area (Å²) in [6.07, 6.45) is -1.51. The number of amides is 2. The average Bonchev–Trinajstić information content (AvgIpc) is 3.59. The number of nitrogens with zero attached hydrogens (tertiary/aromatic N) is 3. The summed E-state index contributed by atoms with van der Waals surface area (Å²) in [5, 5.41) is 4.36. The van der Waals surface area contributed by atoms with Crippen molar-refractivity contribution < 1.29 is 36.7 Å². The minimum atomic E-state index is -4.57. The maximum absolute atomic E-state index is 13.5. The van der Waals surface area contributed by atoms with Crippen LogP contribution >= 0.6 is 23.4 Å². The predicted octanol–water partition coefficient (Wildman–Crippen LogP) is 6.37. The van der Waals surface area contributed by atoms with Gasteiger partial charge in [-0.1, -0.05) is 23.7 Å². The molecule has 13 heteroatoms. The van der Waals surface area contributed by atoms with Gasteiger partial charge in [0.1, 0.15) is 5.76 Å². The molecule has 2 aromatic carbocycles. The second-order valence-electron chi connectivity index (χ2n) is 8.45. The molecule has 8 nitrogen and oxygen atoms in total. The Morgan fingerprint density at radius 1 is 1.13 bits per heavy atom. The van der Waals surface area contributed by atoms with Crippen molar-refractivity contribution in [3.8, 4) is 0 Å². The number of carbonyl (C=O) groups is 3. The lowest BCUT2D eigenvalue weighted by Gasteiger charge is -2.14. The van der Waals surface area contributed by atoms with Crippen LogP contribution < -0.4 is 0 Å². The number of ether oxygens (including phenoxy) is 1. The van der Waals surface area contributed by atoms with Crippen LogP contribution in [0.4, 0.5) is 18.0 Å². The van der Waals surface area contributed by atoms with E-state index in [0.717, 1.165) is 22.7 Å². The van der Waals surface area contributed by atoms with Crippen LogP contribution in [-0.2, 0) is 28.8 Å². The molecule has 1 aliphatic rings. The standard InChI is InChI=1S/C26H17ClF3N3O5S/c1-37-24(35)21-7-5-18(38-21)13-32-23(34)22(39-25(32)36)9-14-2-6-20-16(8-14)11-31-33(20)12-15-3-4-17(27)10-19(15)26(28,29)30/h2-11H,12-13H2,1H3. The van der Waals surface area contributed by atoms with Gasteiger partial charge in [-0.05, 0) is 65.4 Å². The highest BCUT2D eigenvalue weighted by Gasteiger charge is 2.36. The summed E-state index contributed by atoms with van der Waals surface area (Å²) in [5.41, 5.74) is 0.371. The van der Waals surface area contributed by atoms with Gasteiger partial charge in [-0.2, -0.15) is 18.3 Å². The Labute approximate surface area is 227 Å². The summed E-state index contributed by atoms with van der Waals surface area (Å²) < 4.78 is 51.9. The molecule has 5 rings (SSSR count). The van der Waals surface area contributed by atoms with Gasteiger partial charge in [0.05, 0.1) is 42.4 Å². The van der Waals surface area contributed by atoms with E-state index in [2.05, 4.69) is 9.84 Å². The molecule has 0 spiro atoms. The van der Waals surface area contributed by atoms with Crippen LogP contribution in [0.15, 0.2) is 64.1 Å². The number of aromatic nitrogens is 2. The van der Waals surface area contributed by atoms with Crippen molar-refractivity contribution in [1.82, 2.24) is 14.7 Å². The molecule has 0 atom stereocenters. The van der Waals surface area contributed by atoms with Gasteiger partial charge in [0.25, 0.3) is 11.1 Å². The summed E-state index contributed by atoms with van der Waals surface area (Å²) in [6.45, 7) is -0.284. The van der Waals surface area contributed by atoms with Gasteiger partial charge < -0.3 is 9.15 Å². The number of thioether (sulfide) groups is 1. The monoisotopic (exact) mass is 575 g/mol. The number of carbonyl (C=O) groups excluding carboxylic acids is 3. The zero-order chi connectivity index (χ0) is 27.9. The van der Waals surface area contributed by atoms with Crippen molar-refractivity contribution in [2.75, 3.05) is 7.11 Å². The Balaban J connectivity index is 1.35. The first-order chi connectivity index (χ1) is 18.5. The highest BCUT2D eigenvalue weighted by atomic mass is 35.5. The third kappa shape index (κ3) is 5.43. The first kappa shape index (κ1) is 26.6. The van der Waals surface area contributed by atoms with Crippen molar-refractivity contribution in [3.63, 3.8) is 0 Å². The van der Waals surface area contributed by atoms with Gasteiger partial charge in [0.15, 0.2) is 0 Å². The van der Waals surface area contributed by atoms with E-state index in [9.17, 15) is 27.6 Å². The van der Waals surface area contributed by atoms with Crippen LogP contribution in [-0.4, -0.2) is 38.9 Å². The number of hydrogen-bond acceptors (Lipinski definition) is 7. The molecule has 0 radical (unpaired) electrons. The van der Waals surface area contributed by atoms with Crippen molar-refractivity contribution in [2.45, 2.75) is 19.3 Å².